The SMILES string of the molecule is C=CCC(CC=C)C(=O)N[C@H](C(=O)O)c1ccccc1. The zero-order valence-electron chi connectivity index (χ0n) is 11.3. The number of allylic oxidation sites excluding steroid dienone is 2. The number of carboxylic acids is 1. The highest BCUT2D eigenvalue weighted by Crippen LogP contribution is 2.16. The van der Waals surface area contributed by atoms with Gasteiger partial charge in [0.25, 0.3) is 0 Å². The third-order valence-corrected chi connectivity index (χ3v) is 2.94. The van der Waals surface area contributed by atoms with Gasteiger partial charge in [-0.3, -0.25) is 4.79 Å². The molecule has 4 heteroatoms. The lowest BCUT2D eigenvalue weighted by Gasteiger charge is -2.19. The highest BCUT2D eigenvalue weighted by molar-refractivity contribution is 5.86. The van der Waals surface area contributed by atoms with Gasteiger partial charge in [-0.2, -0.15) is 0 Å². The van der Waals surface area contributed by atoms with Gasteiger partial charge in [0.1, 0.15) is 0 Å². The van der Waals surface area contributed by atoms with Gasteiger partial charge >= 0.3 is 5.97 Å². The molecule has 0 aliphatic carbocycles. The first kappa shape index (κ1) is 15.7. The summed E-state index contributed by atoms with van der Waals surface area (Å²) in [5.74, 6) is -1.72. The van der Waals surface area contributed by atoms with E-state index in [0.717, 1.165) is 0 Å². The van der Waals surface area contributed by atoms with Gasteiger partial charge in [-0.25, -0.2) is 4.79 Å². The van der Waals surface area contributed by atoms with E-state index in [2.05, 4.69) is 18.5 Å². The molecule has 1 aromatic rings. The monoisotopic (exact) mass is 273 g/mol. The van der Waals surface area contributed by atoms with Crippen molar-refractivity contribution in [1.29, 1.82) is 0 Å². The molecule has 0 aliphatic rings. The van der Waals surface area contributed by atoms with Crippen LogP contribution in [0.5, 0.6) is 0 Å². The predicted molar refractivity (Wildman–Crippen MR) is 78.1 cm³/mol. The first-order valence-electron chi connectivity index (χ1n) is 6.40. The van der Waals surface area contributed by atoms with Crippen LogP contribution in [0.25, 0.3) is 0 Å². The maximum Gasteiger partial charge on any atom is 0.330 e. The van der Waals surface area contributed by atoms with E-state index < -0.39 is 12.0 Å². The van der Waals surface area contributed by atoms with E-state index in [1.165, 1.54) is 0 Å². The number of aliphatic carboxylic acids is 1. The summed E-state index contributed by atoms with van der Waals surface area (Å²) in [7, 11) is 0. The fraction of sp³-hybridized carbons (Fsp3) is 0.250. The molecule has 1 atom stereocenters. The van der Waals surface area contributed by atoms with E-state index in [1.54, 1.807) is 42.5 Å². The summed E-state index contributed by atoms with van der Waals surface area (Å²) >= 11 is 0. The van der Waals surface area contributed by atoms with Gasteiger partial charge in [0.2, 0.25) is 5.91 Å². The Kier molecular flexibility index (Phi) is 6.23. The van der Waals surface area contributed by atoms with Crippen LogP contribution in [0.4, 0.5) is 0 Å². The number of hydrogen-bond donors (Lipinski definition) is 2. The number of nitrogens with one attached hydrogen (secondary N) is 1. The standard InChI is InChI=1S/C16H19NO3/c1-3-8-13(9-4-2)15(18)17-14(16(19)20)12-10-6-5-7-11-12/h3-7,10-11,13-14H,1-2,8-9H2,(H,17,18)(H,19,20)/t14-/m0/s1. The fourth-order valence-corrected chi connectivity index (χ4v) is 1.91. The van der Waals surface area contributed by atoms with E-state index in [4.69, 9.17) is 0 Å². The van der Waals surface area contributed by atoms with Crippen LogP contribution >= 0.6 is 0 Å². The topological polar surface area (TPSA) is 66.4 Å². The Hall–Kier alpha value is -2.36. The fourth-order valence-electron chi connectivity index (χ4n) is 1.91. The molecule has 0 unspecified atom stereocenters. The highest BCUT2D eigenvalue weighted by atomic mass is 16.4. The number of benzene rings is 1. The Morgan fingerprint density at radius 2 is 1.70 bits per heavy atom. The molecule has 0 aliphatic heterocycles. The van der Waals surface area contributed by atoms with Crippen molar-refractivity contribution in [1.82, 2.24) is 5.32 Å². The molecule has 0 saturated heterocycles. The highest BCUT2D eigenvalue weighted by Gasteiger charge is 2.25. The number of carboxylic acid groups (broad SMARTS) is 1. The Labute approximate surface area is 118 Å². The van der Waals surface area contributed by atoms with Crippen LogP contribution in [0, 0.1) is 5.92 Å². The van der Waals surface area contributed by atoms with Crippen molar-refractivity contribution in [3.05, 3.63) is 61.2 Å². The molecule has 0 heterocycles. The van der Waals surface area contributed by atoms with Gasteiger partial charge in [0.05, 0.1) is 0 Å². The summed E-state index contributed by atoms with van der Waals surface area (Å²) in [4.78, 5) is 23.5. The molecule has 0 fully saturated rings. The summed E-state index contributed by atoms with van der Waals surface area (Å²) in [6.45, 7) is 7.21. The number of carbonyl (C=O) groups is 2. The zero-order valence-corrected chi connectivity index (χ0v) is 11.3. The van der Waals surface area contributed by atoms with Crippen molar-refractivity contribution < 1.29 is 14.7 Å². The minimum Gasteiger partial charge on any atom is -0.479 e. The van der Waals surface area contributed by atoms with Crippen LogP contribution in [0.2, 0.25) is 0 Å². The van der Waals surface area contributed by atoms with Crippen molar-refractivity contribution >= 4 is 11.9 Å². The molecule has 20 heavy (non-hydrogen) atoms. The van der Waals surface area contributed by atoms with Crippen molar-refractivity contribution in [2.75, 3.05) is 0 Å². The third-order valence-electron chi connectivity index (χ3n) is 2.94. The summed E-state index contributed by atoms with van der Waals surface area (Å²) in [5, 5.41) is 11.8. The van der Waals surface area contributed by atoms with Crippen LogP contribution in [0.3, 0.4) is 0 Å². The summed E-state index contributed by atoms with van der Waals surface area (Å²) in [5.41, 5.74) is 0.546. The van der Waals surface area contributed by atoms with E-state index in [-0.39, 0.29) is 11.8 Å². The predicted octanol–water partition coefficient (Wildman–Crippen LogP) is 2.70. The van der Waals surface area contributed by atoms with Gasteiger partial charge in [-0.05, 0) is 18.4 Å². The van der Waals surface area contributed by atoms with Crippen LogP contribution in [-0.4, -0.2) is 17.0 Å². The number of carbonyl (C=O) groups excluding carboxylic acids is 1. The Morgan fingerprint density at radius 3 is 2.15 bits per heavy atom. The Balaban J connectivity index is 2.85. The molecule has 0 spiro atoms. The quantitative estimate of drug-likeness (QED) is 0.716. The maximum absolute atomic E-state index is 12.1. The first-order chi connectivity index (χ1) is 9.60. The molecule has 0 bridgehead atoms. The van der Waals surface area contributed by atoms with Crippen molar-refractivity contribution in [2.24, 2.45) is 5.92 Å². The number of amides is 1. The van der Waals surface area contributed by atoms with Gasteiger partial charge in [0.15, 0.2) is 6.04 Å². The second-order valence-corrected chi connectivity index (χ2v) is 4.44. The molecule has 1 amide bonds. The van der Waals surface area contributed by atoms with Crippen molar-refractivity contribution in [3.8, 4) is 0 Å². The molecule has 0 radical (unpaired) electrons. The van der Waals surface area contributed by atoms with Crippen LogP contribution < -0.4 is 5.32 Å². The lowest BCUT2D eigenvalue weighted by Crippen LogP contribution is -2.37. The molecule has 0 aromatic heterocycles. The molecular formula is C16H19NO3. The summed E-state index contributed by atoms with van der Waals surface area (Å²) in [6.07, 6.45) is 4.26. The first-order valence-corrected chi connectivity index (χ1v) is 6.40. The largest absolute Gasteiger partial charge is 0.479 e. The van der Waals surface area contributed by atoms with Crippen LogP contribution in [0.15, 0.2) is 55.6 Å². The second-order valence-electron chi connectivity index (χ2n) is 4.44. The summed E-state index contributed by atoms with van der Waals surface area (Å²) in [6, 6.07) is 7.58. The van der Waals surface area contributed by atoms with Crippen molar-refractivity contribution in [2.45, 2.75) is 18.9 Å². The number of hydrogen-bond acceptors (Lipinski definition) is 2. The molecule has 106 valence electrons. The molecule has 1 aromatic carbocycles. The Morgan fingerprint density at radius 1 is 1.15 bits per heavy atom. The molecule has 4 nitrogen and oxygen atoms in total. The molecule has 0 saturated carbocycles. The molecular weight excluding hydrogens is 254 g/mol. The minimum absolute atomic E-state index is 0.305. The Bertz CT molecular complexity index is 472. The van der Waals surface area contributed by atoms with E-state index in [1.807, 2.05) is 0 Å². The maximum atomic E-state index is 12.1. The van der Waals surface area contributed by atoms with Crippen molar-refractivity contribution in [3.63, 3.8) is 0 Å². The van der Waals surface area contributed by atoms with Gasteiger partial charge < -0.3 is 10.4 Å². The smallest absolute Gasteiger partial charge is 0.330 e. The van der Waals surface area contributed by atoms with Gasteiger partial charge in [-0.1, -0.05) is 42.5 Å². The normalized spacial score (nSPS) is 11.7. The summed E-state index contributed by atoms with van der Waals surface area (Å²) < 4.78 is 0. The lowest BCUT2D eigenvalue weighted by atomic mass is 9.99. The lowest BCUT2D eigenvalue weighted by molar-refractivity contribution is -0.142. The zero-order chi connectivity index (χ0) is 15.0. The molecule has 2 N–H and O–H groups in total. The van der Waals surface area contributed by atoms with Gasteiger partial charge in [0, 0.05) is 5.92 Å². The molecule has 1 rings (SSSR count). The average Bonchev–Trinajstić information content (AvgIpc) is 2.45. The second kappa shape index (κ2) is 7.94. The average molecular weight is 273 g/mol. The van der Waals surface area contributed by atoms with E-state index in [0.29, 0.717) is 18.4 Å². The van der Waals surface area contributed by atoms with Crippen LogP contribution in [-0.2, 0) is 9.59 Å². The van der Waals surface area contributed by atoms with E-state index >= 15 is 0 Å². The van der Waals surface area contributed by atoms with Gasteiger partial charge in [-0.15, -0.1) is 13.2 Å². The number of rotatable bonds is 8. The van der Waals surface area contributed by atoms with E-state index in [9.17, 15) is 14.7 Å². The third kappa shape index (κ3) is 4.39. The van der Waals surface area contributed by atoms with Crippen LogP contribution in [0.1, 0.15) is 24.4 Å². The minimum atomic E-state index is -1.08.